The number of hydrogen-bond acceptors (Lipinski definition) is 2. The molecule has 0 aromatic heterocycles. The number of carbonyl (C=O) groups is 1. The van der Waals surface area contributed by atoms with Crippen LogP contribution < -0.4 is 4.74 Å². The molecule has 0 amide bonds. The maximum absolute atomic E-state index is 13.6. The Kier molecular flexibility index (Phi) is 4.08. The molecule has 0 spiro atoms. The molecule has 0 N–H and O–H groups in total. The molecule has 20 heavy (non-hydrogen) atoms. The Balaban J connectivity index is 2.10. The minimum atomic E-state index is -0.988. The topological polar surface area (TPSA) is 26.3 Å². The van der Waals surface area contributed by atoms with Gasteiger partial charge in [0, 0.05) is 5.56 Å². The van der Waals surface area contributed by atoms with Gasteiger partial charge in [-0.3, -0.25) is 4.79 Å². The fraction of sp³-hybridized carbons (Fsp3) is 0.133. The van der Waals surface area contributed by atoms with E-state index in [9.17, 15) is 18.0 Å². The molecule has 2 rings (SSSR count). The summed E-state index contributed by atoms with van der Waals surface area (Å²) in [4.78, 5) is 11.1. The molecule has 0 fully saturated rings. The van der Waals surface area contributed by atoms with Gasteiger partial charge in [0.15, 0.2) is 29.0 Å². The zero-order chi connectivity index (χ0) is 14.7. The smallest absolute Gasteiger partial charge is 0.165 e. The fourth-order valence-corrected chi connectivity index (χ4v) is 1.63. The van der Waals surface area contributed by atoms with E-state index in [0.29, 0.717) is 5.56 Å². The van der Waals surface area contributed by atoms with Gasteiger partial charge in [0.1, 0.15) is 6.61 Å². The van der Waals surface area contributed by atoms with Crippen molar-refractivity contribution < 1.29 is 22.7 Å². The lowest BCUT2D eigenvalue weighted by atomic mass is 10.1. The molecule has 0 saturated heterocycles. The maximum Gasteiger partial charge on any atom is 0.165 e. The van der Waals surface area contributed by atoms with Crippen molar-refractivity contribution in [1.29, 1.82) is 0 Å². The number of Topliss-reactive ketones (excluding diaryl/α,β-unsaturated/α-hetero) is 1. The predicted octanol–water partition coefficient (Wildman–Crippen LogP) is 3.89. The summed E-state index contributed by atoms with van der Waals surface area (Å²) in [5.74, 6) is -2.93. The largest absolute Gasteiger partial charge is 0.486 e. The summed E-state index contributed by atoms with van der Waals surface area (Å²) in [6.45, 7) is 1.23. The lowest BCUT2D eigenvalue weighted by molar-refractivity contribution is 0.101. The van der Waals surface area contributed by atoms with Crippen LogP contribution >= 0.6 is 0 Å². The first-order chi connectivity index (χ1) is 9.47. The van der Waals surface area contributed by atoms with E-state index in [1.165, 1.54) is 25.1 Å². The van der Waals surface area contributed by atoms with Crippen LogP contribution in [0.1, 0.15) is 22.8 Å². The van der Waals surface area contributed by atoms with Gasteiger partial charge in [0.05, 0.1) is 0 Å². The van der Waals surface area contributed by atoms with Crippen molar-refractivity contribution in [2.45, 2.75) is 13.5 Å². The van der Waals surface area contributed by atoms with E-state index in [4.69, 9.17) is 4.74 Å². The van der Waals surface area contributed by atoms with Gasteiger partial charge in [-0.25, -0.2) is 13.2 Å². The summed E-state index contributed by atoms with van der Waals surface area (Å²) in [6, 6.07) is 7.14. The molecular formula is C15H11F3O2. The Morgan fingerprint density at radius 2 is 1.75 bits per heavy atom. The van der Waals surface area contributed by atoms with E-state index in [1.54, 1.807) is 0 Å². The molecule has 0 aliphatic carbocycles. The van der Waals surface area contributed by atoms with E-state index >= 15 is 0 Å². The summed E-state index contributed by atoms with van der Waals surface area (Å²) in [5, 5.41) is 0. The van der Waals surface area contributed by atoms with Gasteiger partial charge in [-0.1, -0.05) is 6.07 Å². The summed E-state index contributed by atoms with van der Waals surface area (Å²) in [6.07, 6.45) is 0. The predicted molar refractivity (Wildman–Crippen MR) is 67.1 cm³/mol. The number of carbonyl (C=O) groups excluding carboxylic acids is 1. The van der Waals surface area contributed by atoms with Crippen LogP contribution in [0, 0.1) is 17.5 Å². The third-order valence-corrected chi connectivity index (χ3v) is 2.72. The first-order valence-electron chi connectivity index (χ1n) is 5.84. The molecule has 2 nitrogen and oxygen atoms in total. The van der Waals surface area contributed by atoms with E-state index in [0.717, 1.165) is 18.2 Å². The lowest BCUT2D eigenvalue weighted by Crippen LogP contribution is -2.00. The van der Waals surface area contributed by atoms with Crippen LogP contribution in [-0.2, 0) is 6.61 Å². The summed E-state index contributed by atoms with van der Waals surface area (Å²) in [7, 11) is 0. The number of halogens is 3. The van der Waals surface area contributed by atoms with Gasteiger partial charge >= 0.3 is 0 Å². The molecule has 0 atom stereocenters. The number of rotatable bonds is 4. The molecule has 5 heteroatoms. The molecule has 0 unspecified atom stereocenters. The summed E-state index contributed by atoms with van der Waals surface area (Å²) in [5.41, 5.74) is 0.613. The van der Waals surface area contributed by atoms with Crippen LogP contribution in [0.25, 0.3) is 0 Å². The van der Waals surface area contributed by atoms with Crippen molar-refractivity contribution >= 4 is 5.78 Å². The van der Waals surface area contributed by atoms with Crippen LogP contribution in [0.15, 0.2) is 36.4 Å². The number of ketones is 1. The lowest BCUT2D eigenvalue weighted by Gasteiger charge is -2.08. The third-order valence-electron chi connectivity index (χ3n) is 2.72. The molecule has 104 valence electrons. The first-order valence-corrected chi connectivity index (χ1v) is 5.84. The second-order valence-electron chi connectivity index (χ2n) is 4.24. The molecule has 0 bridgehead atoms. The average molecular weight is 280 g/mol. The number of ether oxygens (including phenoxy) is 1. The van der Waals surface area contributed by atoms with Gasteiger partial charge in [0.2, 0.25) is 0 Å². The SMILES string of the molecule is CC(=O)c1ccc(OCc2ccc(F)c(F)c2)c(F)c1. The molecule has 2 aromatic rings. The van der Waals surface area contributed by atoms with Crippen molar-refractivity contribution in [1.82, 2.24) is 0 Å². The minimum Gasteiger partial charge on any atom is -0.486 e. The van der Waals surface area contributed by atoms with Crippen LogP contribution in [0.4, 0.5) is 13.2 Å². The maximum atomic E-state index is 13.6. The van der Waals surface area contributed by atoms with Crippen LogP contribution in [0.5, 0.6) is 5.75 Å². The van der Waals surface area contributed by atoms with E-state index < -0.39 is 17.5 Å². The quantitative estimate of drug-likeness (QED) is 0.794. The Bertz CT molecular complexity index is 654. The first kappa shape index (κ1) is 14.1. The van der Waals surface area contributed by atoms with Gasteiger partial charge in [-0.2, -0.15) is 0 Å². The molecule has 0 radical (unpaired) electrons. The molecule has 2 aromatic carbocycles. The van der Waals surface area contributed by atoms with Gasteiger partial charge in [-0.15, -0.1) is 0 Å². The number of hydrogen-bond donors (Lipinski definition) is 0. The highest BCUT2D eigenvalue weighted by Gasteiger charge is 2.08. The van der Waals surface area contributed by atoms with Crippen molar-refractivity contribution in [3.8, 4) is 5.75 Å². The Morgan fingerprint density at radius 3 is 2.35 bits per heavy atom. The second kappa shape index (κ2) is 5.77. The molecule has 0 aliphatic heterocycles. The Hall–Kier alpha value is -2.30. The van der Waals surface area contributed by atoms with Crippen LogP contribution in [0.3, 0.4) is 0 Å². The monoisotopic (exact) mass is 280 g/mol. The summed E-state index contributed by atoms with van der Waals surface area (Å²) >= 11 is 0. The van der Waals surface area contributed by atoms with Crippen molar-refractivity contribution in [3.63, 3.8) is 0 Å². The molecular weight excluding hydrogens is 269 g/mol. The normalized spacial score (nSPS) is 10.4. The van der Waals surface area contributed by atoms with Crippen LogP contribution in [0.2, 0.25) is 0 Å². The van der Waals surface area contributed by atoms with Gasteiger partial charge in [0.25, 0.3) is 0 Å². The standard InChI is InChI=1S/C15H11F3O2/c1-9(19)11-3-5-15(14(18)7-11)20-8-10-2-4-12(16)13(17)6-10/h2-7H,8H2,1H3. The second-order valence-corrected chi connectivity index (χ2v) is 4.24. The van der Waals surface area contributed by atoms with Crippen molar-refractivity contribution in [3.05, 3.63) is 65.0 Å². The van der Waals surface area contributed by atoms with E-state index in [1.807, 2.05) is 0 Å². The summed E-state index contributed by atoms with van der Waals surface area (Å²) < 4.78 is 44.5. The fourth-order valence-electron chi connectivity index (χ4n) is 1.63. The highest BCUT2D eigenvalue weighted by molar-refractivity contribution is 5.94. The molecule has 0 aliphatic rings. The Morgan fingerprint density at radius 1 is 1.00 bits per heavy atom. The van der Waals surface area contributed by atoms with Gasteiger partial charge < -0.3 is 4.74 Å². The minimum absolute atomic E-state index is 0.0558. The zero-order valence-electron chi connectivity index (χ0n) is 10.6. The van der Waals surface area contributed by atoms with Crippen molar-refractivity contribution in [2.75, 3.05) is 0 Å². The van der Waals surface area contributed by atoms with E-state index in [2.05, 4.69) is 0 Å². The molecule has 0 heterocycles. The highest BCUT2D eigenvalue weighted by atomic mass is 19.2. The van der Waals surface area contributed by atoms with Gasteiger partial charge in [-0.05, 0) is 42.8 Å². The molecule has 0 saturated carbocycles. The van der Waals surface area contributed by atoms with Crippen molar-refractivity contribution in [2.24, 2.45) is 0 Å². The Labute approximate surface area is 113 Å². The average Bonchev–Trinajstić information content (AvgIpc) is 2.41. The zero-order valence-corrected chi connectivity index (χ0v) is 10.6. The number of benzene rings is 2. The van der Waals surface area contributed by atoms with E-state index in [-0.39, 0.29) is 23.7 Å². The highest BCUT2D eigenvalue weighted by Crippen LogP contribution is 2.20. The third kappa shape index (κ3) is 3.17. The van der Waals surface area contributed by atoms with Crippen LogP contribution in [-0.4, -0.2) is 5.78 Å².